The molecular formula is C7H5FINO2. The topological polar surface area (TPSA) is 39.2 Å². The van der Waals surface area contributed by atoms with Gasteiger partial charge in [0.25, 0.3) is 0 Å². The Kier molecular flexibility index (Phi) is 2.96. The standard InChI is InChI=1S/C7H5FINO2/c1-12-7(11)5-3-2-4(8)6(9)10-5/h2-3H,1H3. The highest BCUT2D eigenvalue weighted by Gasteiger charge is 2.09. The lowest BCUT2D eigenvalue weighted by molar-refractivity contribution is 0.0593. The molecule has 64 valence electrons. The molecule has 1 rings (SSSR count). The van der Waals surface area contributed by atoms with E-state index in [2.05, 4.69) is 9.72 Å². The van der Waals surface area contributed by atoms with Crippen molar-refractivity contribution in [2.24, 2.45) is 0 Å². The molecule has 0 unspecified atom stereocenters. The number of esters is 1. The second-order valence-electron chi connectivity index (χ2n) is 1.96. The number of carbonyl (C=O) groups excluding carboxylic acids is 1. The molecule has 0 aromatic carbocycles. The van der Waals surface area contributed by atoms with Crippen molar-refractivity contribution in [1.29, 1.82) is 0 Å². The van der Waals surface area contributed by atoms with Gasteiger partial charge in [-0.3, -0.25) is 0 Å². The van der Waals surface area contributed by atoms with Crippen LogP contribution in [0.15, 0.2) is 12.1 Å². The molecule has 0 fully saturated rings. The third-order valence-corrected chi connectivity index (χ3v) is 1.95. The fourth-order valence-corrected chi connectivity index (χ4v) is 1.08. The minimum atomic E-state index is -0.562. The van der Waals surface area contributed by atoms with Gasteiger partial charge in [-0.1, -0.05) is 0 Å². The maximum Gasteiger partial charge on any atom is 0.356 e. The van der Waals surface area contributed by atoms with Gasteiger partial charge in [0.05, 0.1) is 7.11 Å². The highest BCUT2D eigenvalue weighted by Crippen LogP contribution is 2.08. The number of hydrogen-bond acceptors (Lipinski definition) is 3. The largest absolute Gasteiger partial charge is 0.464 e. The van der Waals surface area contributed by atoms with E-state index in [0.29, 0.717) is 0 Å². The summed E-state index contributed by atoms with van der Waals surface area (Å²) < 4.78 is 17.2. The van der Waals surface area contributed by atoms with Crippen LogP contribution in [0, 0.1) is 9.52 Å². The molecule has 0 aliphatic rings. The lowest BCUT2D eigenvalue weighted by Gasteiger charge is -1.98. The van der Waals surface area contributed by atoms with Crippen LogP contribution in [-0.4, -0.2) is 18.1 Å². The predicted molar refractivity (Wildman–Crippen MR) is 48.3 cm³/mol. The number of carbonyl (C=O) groups is 1. The Bertz CT molecular complexity index is 316. The van der Waals surface area contributed by atoms with E-state index in [9.17, 15) is 9.18 Å². The molecule has 0 spiro atoms. The average molecular weight is 281 g/mol. The third-order valence-electron chi connectivity index (χ3n) is 1.20. The first-order chi connectivity index (χ1) is 5.65. The molecule has 5 heteroatoms. The molecule has 0 N–H and O–H groups in total. The molecule has 0 atom stereocenters. The Hall–Kier alpha value is -0.720. The van der Waals surface area contributed by atoms with Crippen molar-refractivity contribution in [1.82, 2.24) is 4.98 Å². The Balaban J connectivity index is 3.05. The second kappa shape index (κ2) is 3.79. The van der Waals surface area contributed by atoms with E-state index in [4.69, 9.17) is 0 Å². The van der Waals surface area contributed by atoms with Crippen LogP contribution in [0.2, 0.25) is 0 Å². The Morgan fingerprint density at radius 1 is 1.67 bits per heavy atom. The Morgan fingerprint density at radius 3 is 2.83 bits per heavy atom. The van der Waals surface area contributed by atoms with E-state index in [0.717, 1.165) is 0 Å². The normalized spacial score (nSPS) is 9.58. The number of aromatic nitrogens is 1. The smallest absolute Gasteiger partial charge is 0.356 e. The van der Waals surface area contributed by atoms with Gasteiger partial charge in [0.2, 0.25) is 0 Å². The molecule has 0 bridgehead atoms. The number of rotatable bonds is 1. The van der Waals surface area contributed by atoms with Crippen LogP contribution >= 0.6 is 22.6 Å². The summed E-state index contributed by atoms with van der Waals surface area (Å²) in [6, 6.07) is 2.46. The first-order valence-electron chi connectivity index (χ1n) is 3.05. The molecule has 0 saturated heterocycles. The summed E-state index contributed by atoms with van der Waals surface area (Å²) in [5, 5.41) is 0. The van der Waals surface area contributed by atoms with Gasteiger partial charge in [0, 0.05) is 0 Å². The lowest BCUT2D eigenvalue weighted by Crippen LogP contribution is -2.05. The Morgan fingerprint density at radius 2 is 2.33 bits per heavy atom. The zero-order valence-electron chi connectivity index (χ0n) is 6.17. The van der Waals surface area contributed by atoms with Gasteiger partial charge >= 0.3 is 5.97 Å². The summed E-state index contributed by atoms with van der Waals surface area (Å²) in [5.41, 5.74) is 0.114. The number of methoxy groups -OCH3 is 1. The van der Waals surface area contributed by atoms with Crippen LogP contribution in [0.1, 0.15) is 10.5 Å². The van der Waals surface area contributed by atoms with Gasteiger partial charge < -0.3 is 4.74 Å². The van der Waals surface area contributed by atoms with Gasteiger partial charge in [-0.15, -0.1) is 0 Å². The zero-order valence-corrected chi connectivity index (χ0v) is 8.33. The zero-order chi connectivity index (χ0) is 9.14. The van der Waals surface area contributed by atoms with Crippen molar-refractivity contribution in [3.05, 3.63) is 27.3 Å². The lowest BCUT2D eigenvalue weighted by atomic mass is 10.3. The van der Waals surface area contributed by atoms with Crippen molar-refractivity contribution in [3.8, 4) is 0 Å². The highest BCUT2D eigenvalue weighted by atomic mass is 127. The number of pyridine rings is 1. The minimum Gasteiger partial charge on any atom is -0.464 e. The first-order valence-corrected chi connectivity index (χ1v) is 4.13. The first kappa shape index (κ1) is 9.37. The summed E-state index contributed by atoms with van der Waals surface area (Å²) in [6.07, 6.45) is 0. The maximum atomic E-state index is 12.6. The van der Waals surface area contributed by atoms with Crippen LogP contribution in [0.5, 0.6) is 0 Å². The monoisotopic (exact) mass is 281 g/mol. The number of nitrogens with zero attached hydrogens (tertiary/aromatic N) is 1. The highest BCUT2D eigenvalue weighted by molar-refractivity contribution is 14.1. The summed E-state index contributed by atoms with van der Waals surface area (Å²) in [4.78, 5) is 14.5. The molecule has 0 radical (unpaired) electrons. The third kappa shape index (κ3) is 1.90. The molecule has 12 heavy (non-hydrogen) atoms. The van der Waals surface area contributed by atoms with Gasteiger partial charge in [-0.2, -0.15) is 0 Å². The van der Waals surface area contributed by atoms with E-state index in [1.54, 1.807) is 22.6 Å². The SMILES string of the molecule is COC(=O)c1ccc(F)c(I)n1. The van der Waals surface area contributed by atoms with Gasteiger partial charge in [-0.05, 0) is 34.7 Å². The minimum absolute atomic E-state index is 0.114. The van der Waals surface area contributed by atoms with Gasteiger partial charge in [0.15, 0.2) is 5.82 Å². The van der Waals surface area contributed by atoms with Gasteiger partial charge in [-0.25, -0.2) is 14.2 Å². The molecule has 0 aliphatic carbocycles. The number of ether oxygens (including phenoxy) is 1. The van der Waals surface area contributed by atoms with Crippen molar-refractivity contribution in [3.63, 3.8) is 0 Å². The molecule has 0 saturated carbocycles. The van der Waals surface area contributed by atoms with E-state index >= 15 is 0 Å². The van der Waals surface area contributed by atoms with E-state index < -0.39 is 11.8 Å². The molecule has 3 nitrogen and oxygen atoms in total. The van der Waals surface area contributed by atoms with Crippen LogP contribution in [0.3, 0.4) is 0 Å². The van der Waals surface area contributed by atoms with E-state index in [1.165, 1.54) is 19.2 Å². The van der Waals surface area contributed by atoms with Crippen molar-refractivity contribution in [2.75, 3.05) is 7.11 Å². The Labute approximate surface area is 82.1 Å². The predicted octanol–water partition coefficient (Wildman–Crippen LogP) is 1.61. The fraction of sp³-hybridized carbons (Fsp3) is 0.143. The maximum absolute atomic E-state index is 12.6. The van der Waals surface area contributed by atoms with Crippen LogP contribution < -0.4 is 0 Å². The van der Waals surface area contributed by atoms with Gasteiger partial charge in [0.1, 0.15) is 9.39 Å². The van der Waals surface area contributed by atoms with E-state index in [-0.39, 0.29) is 9.39 Å². The van der Waals surface area contributed by atoms with Crippen molar-refractivity contribution >= 4 is 28.6 Å². The van der Waals surface area contributed by atoms with Crippen molar-refractivity contribution in [2.45, 2.75) is 0 Å². The molecule has 1 heterocycles. The van der Waals surface area contributed by atoms with E-state index in [1.807, 2.05) is 0 Å². The van der Waals surface area contributed by atoms with Crippen LogP contribution in [-0.2, 0) is 4.74 Å². The summed E-state index contributed by atoms with van der Waals surface area (Å²) in [5.74, 6) is -1.00. The molecule has 0 amide bonds. The average Bonchev–Trinajstić information content (AvgIpc) is 2.08. The molecular weight excluding hydrogens is 276 g/mol. The molecule has 0 aliphatic heterocycles. The molecule has 1 aromatic rings. The summed E-state index contributed by atoms with van der Waals surface area (Å²) in [6.45, 7) is 0. The summed E-state index contributed by atoms with van der Waals surface area (Å²) >= 11 is 1.71. The van der Waals surface area contributed by atoms with Crippen molar-refractivity contribution < 1.29 is 13.9 Å². The van der Waals surface area contributed by atoms with Crippen LogP contribution in [0.25, 0.3) is 0 Å². The fourth-order valence-electron chi connectivity index (χ4n) is 0.636. The number of halogens is 2. The summed E-state index contributed by atoms with van der Waals surface area (Å²) in [7, 11) is 1.25. The quantitative estimate of drug-likeness (QED) is 0.446. The molecule has 1 aromatic heterocycles. The second-order valence-corrected chi connectivity index (χ2v) is 2.98. The van der Waals surface area contributed by atoms with Crippen LogP contribution in [0.4, 0.5) is 4.39 Å². The number of hydrogen-bond donors (Lipinski definition) is 0.